The van der Waals surface area contributed by atoms with E-state index >= 15 is 0 Å². The summed E-state index contributed by atoms with van der Waals surface area (Å²) in [5.74, 6) is 0.545. The number of hydrogen-bond acceptors (Lipinski definition) is 5. The summed E-state index contributed by atoms with van der Waals surface area (Å²) in [6.45, 7) is 2.26. The van der Waals surface area contributed by atoms with Gasteiger partial charge in [0.2, 0.25) is 0 Å². The molecule has 7 heteroatoms. The molecule has 1 amide bonds. The quantitative estimate of drug-likeness (QED) is 0.624. The number of aromatic nitrogens is 2. The van der Waals surface area contributed by atoms with Crippen LogP contribution in [0.2, 0.25) is 0 Å². The fourth-order valence-corrected chi connectivity index (χ4v) is 3.73. The van der Waals surface area contributed by atoms with Gasteiger partial charge in [0.05, 0.1) is 18.2 Å². The van der Waals surface area contributed by atoms with Gasteiger partial charge in [-0.1, -0.05) is 24.3 Å². The predicted octanol–water partition coefficient (Wildman–Crippen LogP) is 3.10. The van der Waals surface area contributed by atoms with Gasteiger partial charge in [-0.05, 0) is 37.0 Å². The Kier molecular flexibility index (Phi) is 6.43. The molecule has 0 spiro atoms. The third kappa shape index (κ3) is 4.04. The number of ether oxygens (including phenoxy) is 1. The second-order valence-corrected chi connectivity index (χ2v) is 7.72. The monoisotopic (exact) mass is 411 g/mol. The Morgan fingerprint density at radius 2 is 2.00 bits per heavy atom. The van der Waals surface area contributed by atoms with Crippen LogP contribution in [0.5, 0.6) is 5.75 Å². The van der Waals surface area contributed by atoms with Gasteiger partial charge in [-0.15, -0.1) is 0 Å². The van der Waals surface area contributed by atoms with Crippen LogP contribution in [0.3, 0.4) is 0 Å². The molecular weight excluding hydrogens is 382 g/mol. The minimum Gasteiger partial charge on any atom is -0.505 e. The molecule has 0 fully saturated rings. The molecule has 0 aliphatic carbocycles. The number of aromatic hydroxyl groups is 1. The van der Waals surface area contributed by atoms with Crippen molar-refractivity contribution < 1.29 is 19.7 Å². The number of carbonyl (C=O) groups excluding carboxylic acids is 1. The number of aliphatic hydroxyl groups excluding tert-OH is 1. The highest BCUT2D eigenvalue weighted by atomic mass is 16.5. The lowest BCUT2D eigenvalue weighted by Gasteiger charge is -2.19. The first kappa shape index (κ1) is 21.8. The third-order valence-corrected chi connectivity index (χ3v) is 5.50. The fraction of sp³-hybridized carbons (Fsp3) is 0.391. The number of benzene rings is 2. The van der Waals surface area contributed by atoms with E-state index in [4.69, 9.17) is 4.74 Å². The van der Waals surface area contributed by atoms with E-state index < -0.39 is 6.10 Å². The summed E-state index contributed by atoms with van der Waals surface area (Å²) in [7, 11) is 6.82. The minimum atomic E-state index is -0.751. The molecule has 0 unspecified atom stereocenters. The average molecular weight is 412 g/mol. The van der Waals surface area contributed by atoms with Gasteiger partial charge < -0.3 is 24.4 Å². The number of hydrogen-bond donors (Lipinski definition) is 2. The lowest BCUT2D eigenvalue weighted by molar-refractivity contribution is 0.0825. The van der Waals surface area contributed by atoms with Crippen molar-refractivity contribution in [3.8, 4) is 5.75 Å². The summed E-state index contributed by atoms with van der Waals surface area (Å²) in [5, 5.41) is 21.8. The van der Waals surface area contributed by atoms with Crippen LogP contribution in [0.4, 0.5) is 0 Å². The van der Waals surface area contributed by atoms with Gasteiger partial charge in [-0.2, -0.15) is 0 Å². The molecule has 0 aliphatic rings. The Bertz CT molecular complexity index is 1070. The molecule has 0 saturated carbocycles. The maximum absolute atomic E-state index is 12.8. The lowest BCUT2D eigenvalue weighted by Crippen LogP contribution is -2.23. The number of amides is 1. The summed E-state index contributed by atoms with van der Waals surface area (Å²) in [6.07, 6.45) is -0.0760. The van der Waals surface area contributed by atoms with Gasteiger partial charge in [-0.3, -0.25) is 4.79 Å². The standard InChI is InChI=1S/C23H29N3O4/c1-14-24-21-19(26(14)4)12-18(23(29)25(2)3)17(22(21)28)10-11-20(27)16-9-7-6-8-15(16)13-30-5/h6-9,12,20,27-28H,10-11,13H2,1-5H3/t20-/m1/s1. The van der Waals surface area contributed by atoms with E-state index in [-0.39, 0.29) is 11.7 Å². The van der Waals surface area contributed by atoms with E-state index in [1.165, 1.54) is 4.90 Å². The van der Waals surface area contributed by atoms with E-state index in [0.29, 0.717) is 41.6 Å². The van der Waals surface area contributed by atoms with Crippen molar-refractivity contribution in [2.45, 2.75) is 32.5 Å². The summed E-state index contributed by atoms with van der Waals surface area (Å²) in [5.41, 5.74) is 3.79. The lowest BCUT2D eigenvalue weighted by atomic mass is 9.94. The van der Waals surface area contributed by atoms with Crippen LogP contribution in [0.25, 0.3) is 11.0 Å². The van der Waals surface area contributed by atoms with Gasteiger partial charge in [0.15, 0.2) is 0 Å². The number of aliphatic hydroxyl groups is 1. The van der Waals surface area contributed by atoms with E-state index in [9.17, 15) is 15.0 Å². The molecule has 7 nitrogen and oxygen atoms in total. The Hall–Kier alpha value is -2.90. The first-order valence-corrected chi connectivity index (χ1v) is 9.90. The Labute approximate surface area is 176 Å². The molecule has 3 rings (SSSR count). The third-order valence-electron chi connectivity index (χ3n) is 5.50. The van der Waals surface area contributed by atoms with Crippen LogP contribution in [-0.2, 0) is 24.8 Å². The molecule has 0 aliphatic heterocycles. The number of nitrogens with zero attached hydrogens (tertiary/aromatic N) is 3. The van der Waals surface area contributed by atoms with Crippen LogP contribution in [0.1, 0.15) is 45.4 Å². The van der Waals surface area contributed by atoms with E-state index in [1.807, 2.05) is 42.8 Å². The zero-order valence-electron chi connectivity index (χ0n) is 18.1. The topological polar surface area (TPSA) is 87.8 Å². The number of aryl methyl sites for hydroxylation is 2. The molecule has 0 radical (unpaired) electrons. The molecule has 2 N–H and O–H groups in total. The fourth-order valence-electron chi connectivity index (χ4n) is 3.73. The largest absolute Gasteiger partial charge is 0.505 e. The Morgan fingerprint density at radius 3 is 2.67 bits per heavy atom. The van der Waals surface area contributed by atoms with Gasteiger partial charge in [-0.25, -0.2) is 4.98 Å². The van der Waals surface area contributed by atoms with Crippen molar-refractivity contribution in [3.63, 3.8) is 0 Å². The number of rotatable bonds is 7. The number of fused-ring (bicyclic) bond motifs is 1. The summed E-state index contributed by atoms with van der Waals surface area (Å²) < 4.78 is 7.08. The van der Waals surface area contributed by atoms with Crippen molar-refractivity contribution in [2.24, 2.45) is 7.05 Å². The molecular formula is C23H29N3O4. The smallest absolute Gasteiger partial charge is 0.253 e. The summed E-state index contributed by atoms with van der Waals surface area (Å²) in [4.78, 5) is 18.8. The van der Waals surface area contributed by atoms with Crippen molar-refractivity contribution in [1.82, 2.24) is 14.5 Å². The van der Waals surface area contributed by atoms with Crippen molar-refractivity contribution in [2.75, 3.05) is 21.2 Å². The number of imidazole rings is 1. The molecule has 1 heterocycles. The van der Waals surface area contributed by atoms with Crippen LogP contribution in [0.15, 0.2) is 30.3 Å². The van der Waals surface area contributed by atoms with Crippen LogP contribution in [-0.4, -0.2) is 51.8 Å². The second-order valence-electron chi connectivity index (χ2n) is 7.72. The van der Waals surface area contributed by atoms with Crippen molar-refractivity contribution in [1.29, 1.82) is 0 Å². The van der Waals surface area contributed by atoms with Gasteiger partial charge >= 0.3 is 0 Å². The van der Waals surface area contributed by atoms with E-state index in [1.54, 1.807) is 27.3 Å². The molecule has 1 atom stereocenters. The number of phenols is 1. The second kappa shape index (κ2) is 8.85. The highest BCUT2D eigenvalue weighted by molar-refractivity contribution is 6.01. The first-order valence-electron chi connectivity index (χ1n) is 9.90. The number of methoxy groups -OCH3 is 1. The molecule has 160 valence electrons. The maximum atomic E-state index is 12.8. The predicted molar refractivity (Wildman–Crippen MR) is 116 cm³/mol. The highest BCUT2D eigenvalue weighted by Gasteiger charge is 2.23. The molecule has 0 bridgehead atoms. The highest BCUT2D eigenvalue weighted by Crippen LogP contribution is 2.34. The maximum Gasteiger partial charge on any atom is 0.253 e. The SMILES string of the molecule is COCc1ccccc1[C@H](O)CCc1c(C(=O)N(C)C)cc2c(nc(C)n2C)c1O. The zero-order chi connectivity index (χ0) is 22.0. The molecule has 0 saturated heterocycles. The van der Waals surface area contributed by atoms with Crippen LogP contribution in [0, 0.1) is 6.92 Å². The minimum absolute atomic E-state index is 0.00113. The normalized spacial score (nSPS) is 12.3. The first-order chi connectivity index (χ1) is 14.3. The van der Waals surface area contributed by atoms with Crippen molar-refractivity contribution >= 4 is 16.9 Å². The number of phenolic OH excluding ortho intramolecular Hbond substituents is 1. The van der Waals surface area contributed by atoms with E-state index in [0.717, 1.165) is 17.0 Å². The zero-order valence-corrected chi connectivity index (χ0v) is 18.1. The molecule has 1 aromatic heterocycles. The van der Waals surface area contributed by atoms with Gasteiger partial charge in [0.1, 0.15) is 17.1 Å². The van der Waals surface area contributed by atoms with E-state index in [2.05, 4.69) is 4.98 Å². The van der Waals surface area contributed by atoms with Crippen molar-refractivity contribution in [3.05, 3.63) is 58.4 Å². The Balaban J connectivity index is 2.00. The van der Waals surface area contributed by atoms with Gasteiger partial charge in [0.25, 0.3) is 5.91 Å². The Morgan fingerprint density at radius 1 is 1.30 bits per heavy atom. The summed E-state index contributed by atoms with van der Waals surface area (Å²) >= 11 is 0. The summed E-state index contributed by atoms with van der Waals surface area (Å²) in [6, 6.07) is 9.35. The average Bonchev–Trinajstić information content (AvgIpc) is 3.01. The molecule has 2 aromatic carbocycles. The number of carbonyl (C=O) groups is 1. The molecule has 30 heavy (non-hydrogen) atoms. The van der Waals surface area contributed by atoms with Crippen LogP contribution < -0.4 is 0 Å². The van der Waals surface area contributed by atoms with Gasteiger partial charge in [0, 0.05) is 39.4 Å². The van der Waals surface area contributed by atoms with Crippen LogP contribution >= 0.6 is 0 Å². The molecule has 3 aromatic rings.